The summed E-state index contributed by atoms with van der Waals surface area (Å²) < 4.78 is 1.91. The number of hydrogen-bond acceptors (Lipinski definition) is 2. The summed E-state index contributed by atoms with van der Waals surface area (Å²) in [5, 5.41) is 7.82. The molecule has 0 saturated carbocycles. The number of rotatable bonds is 7. The van der Waals surface area contributed by atoms with Crippen molar-refractivity contribution in [2.24, 2.45) is 0 Å². The van der Waals surface area contributed by atoms with Crippen LogP contribution in [0.25, 0.3) is 5.69 Å². The van der Waals surface area contributed by atoms with Crippen molar-refractivity contribution in [3.8, 4) is 5.69 Å². The smallest absolute Gasteiger partial charge is 0.224 e. The van der Waals surface area contributed by atoms with Gasteiger partial charge in [-0.05, 0) is 37.1 Å². The molecule has 0 radical (unpaired) electrons. The highest BCUT2D eigenvalue weighted by molar-refractivity contribution is 5.79. The number of carbonyl (C=O) groups excluding carboxylic acids is 1. The van der Waals surface area contributed by atoms with Crippen molar-refractivity contribution >= 4 is 5.91 Å². The van der Waals surface area contributed by atoms with Gasteiger partial charge in [0.1, 0.15) is 0 Å². The van der Waals surface area contributed by atoms with Crippen LogP contribution in [0.15, 0.2) is 91.0 Å². The molecule has 0 aliphatic carbocycles. The number of carbonyl (C=O) groups is 1. The van der Waals surface area contributed by atoms with Crippen LogP contribution in [-0.2, 0) is 11.2 Å². The summed E-state index contributed by atoms with van der Waals surface area (Å²) >= 11 is 0. The van der Waals surface area contributed by atoms with Crippen molar-refractivity contribution in [2.75, 3.05) is 6.54 Å². The van der Waals surface area contributed by atoms with E-state index in [1.807, 2.05) is 85.3 Å². The first-order valence-corrected chi connectivity index (χ1v) is 10.6. The molecule has 4 rings (SSSR count). The molecule has 4 nitrogen and oxygen atoms in total. The van der Waals surface area contributed by atoms with Gasteiger partial charge in [0.15, 0.2) is 0 Å². The minimum Gasteiger partial charge on any atom is -0.355 e. The first-order valence-electron chi connectivity index (χ1n) is 10.6. The summed E-state index contributed by atoms with van der Waals surface area (Å²) in [4.78, 5) is 12.9. The van der Waals surface area contributed by atoms with Crippen molar-refractivity contribution in [3.63, 3.8) is 0 Å². The molecule has 1 N–H and O–H groups in total. The lowest BCUT2D eigenvalue weighted by Crippen LogP contribution is -2.30. The largest absolute Gasteiger partial charge is 0.355 e. The van der Waals surface area contributed by atoms with Crippen molar-refractivity contribution in [3.05, 3.63) is 119 Å². The second kappa shape index (κ2) is 9.43. The molecule has 1 aromatic heterocycles. The predicted molar refractivity (Wildman–Crippen MR) is 124 cm³/mol. The highest BCUT2D eigenvalue weighted by Crippen LogP contribution is 2.24. The fourth-order valence-electron chi connectivity index (χ4n) is 3.99. The first-order chi connectivity index (χ1) is 15.1. The van der Waals surface area contributed by atoms with Gasteiger partial charge in [0.05, 0.1) is 17.8 Å². The van der Waals surface area contributed by atoms with Crippen molar-refractivity contribution in [1.82, 2.24) is 15.1 Å². The van der Waals surface area contributed by atoms with E-state index in [1.54, 1.807) is 0 Å². The van der Waals surface area contributed by atoms with Gasteiger partial charge in [-0.1, -0.05) is 78.9 Å². The quantitative estimate of drug-likeness (QED) is 0.468. The Bertz CT molecular complexity index is 1100. The van der Waals surface area contributed by atoms with E-state index in [2.05, 4.69) is 34.7 Å². The van der Waals surface area contributed by atoms with Crippen LogP contribution in [0.1, 0.15) is 34.0 Å². The number of amides is 1. The number of nitrogens with one attached hydrogen (secondary N) is 1. The maximum Gasteiger partial charge on any atom is 0.224 e. The molecular weight excluding hydrogens is 382 g/mol. The zero-order chi connectivity index (χ0) is 21.6. The molecule has 1 amide bonds. The van der Waals surface area contributed by atoms with Gasteiger partial charge in [0.25, 0.3) is 0 Å². The highest BCUT2D eigenvalue weighted by Gasteiger charge is 2.18. The standard InChI is InChI=1S/C27H27N3O/c1-20-25(21(2)30(29-20)24-16-10-5-11-17-24)18-27(31)28-19-26(22-12-6-3-7-13-22)23-14-8-4-9-15-23/h3-17,26H,18-19H2,1-2H3,(H,28,31). The summed E-state index contributed by atoms with van der Waals surface area (Å²) in [5.41, 5.74) is 6.26. The van der Waals surface area contributed by atoms with Gasteiger partial charge in [0.2, 0.25) is 5.91 Å². The van der Waals surface area contributed by atoms with Gasteiger partial charge in [-0.25, -0.2) is 4.68 Å². The predicted octanol–water partition coefficient (Wildman–Crippen LogP) is 4.98. The Morgan fingerprint density at radius 3 is 1.90 bits per heavy atom. The van der Waals surface area contributed by atoms with E-state index in [0.717, 1.165) is 22.6 Å². The summed E-state index contributed by atoms with van der Waals surface area (Å²) in [6.45, 7) is 4.54. The number of aryl methyl sites for hydroxylation is 1. The average molecular weight is 410 g/mol. The Morgan fingerprint density at radius 1 is 0.839 bits per heavy atom. The Morgan fingerprint density at radius 2 is 1.35 bits per heavy atom. The van der Waals surface area contributed by atoms with E-state index >= 15 is 0 Å². The van der Waals surface area contributed by atoms with Crippen LogP contribution < -0.4 is 5.32 Å². The molecule has 0 aliphatic heterocycles. The lowest BCUT2D eigenvalue weighted by Gasteiger charge is -2.19. The minimum atomic E-state index is 0.00988. The highest BCUT2D eigenvalue weighted by atomic mass is 16.1. The summed E-state index contributed by atoms with van der Waals surface area (Å²) in [5.74, 6) is 0.122. The minimum absolute atomic E-state index is 0.00988. The Balaban J connectivity index is 1.49. The molecule has 4 heteroatoms. The molecule has 156 valence electrons. The van der Waals surface area contributed by atoms with Gasteiger partial charge >= 0.3 is 0 Å². The van der Waals surface area contributed by atoms with Crippen LogP contribution >= 0.6 is 0 Å². The SMILES string of the molecule is Cc1nn(-c2ccccc2)c(C)c1CC(=O)NCC(c1ccccc1)c1ccccc1. The maximum absolute atomic E-state index is 12.9. The molecule has 3 aromatic carbocycles. The summed E-state index contributed by atoms with van der Waals surface area (Å²) in [6.07, 6.45) is 0.320. The van der Waals surface area contributed by atoms with Gasteiger partial charge < -0.3 is 5.32 Å². The van der Waals surface area contributed by atoms with Crippen molar-refractivity contribution < 1.29 is 4.79 Å². The first kappa shape index (κ1) is 20.6. The molecule has 4 aromatic rings. The van der Waals surface area contributed by atoms with Crippen LogP contribution in [0.2, 0.25) is 0 Å². The van der Waals surface area contributed by atoms with E-state index in [-0.39, 0.29) is 11.8 Å². The van der Waals surface area contributed by atoms with Gasteiger partial charge in [-0.2, -0.15) is 5.10 Å². The third kappa shape index (κ3) is 4.75. The van der Waals surface area contributed by atoms with Crippen LogP contribution in [0.5, 0.6) is 0 Å². The number of hydrogen-bond donors (Lipinski definition) is 1. The topological polar surface area (TPSA) is 46.9 Å². The van der Waals surface area contributed by atoms with Crippen LogP contribution in [0.4, 0.5) is 0 Å². The van der Waals surface area contributed by atoms with E-state index in [9.17, 15) is 4.79 Å². The van der Waals surface area contributed by atoms with Gasteiger partial charge in [-0.15, -0.1) is 0 Å². The number of aromatic nitrogens is 2. The average Bonchev–Trinajstić information content (AvgIpc) is 3.09. The Kier molecular flexibility index (Phi) is 6.27. The Hall–Kier alpha value is -3.66. The molecule has 0 atom stereocenters. The molecule has 0 spiro atoms. The van der Waals surface area contributed by atoms with E-state index in [1.165, 1.54) is 11.1 Å². The zero-order valence-corrected chi connectivity index (χ0v) is 18.0. The third-order valence-corrected chi connectivity index (χ3v) is 5.69. The zero-order valence-electron chi connectivity index (χ0n) is 18.0. The van der Waals surface area contributed by atoms with Crippen LogP contribution in [0.3, 0.4) is 0 Å². The Labute approximate surface area is 183 Å². The molecule has 0 unspecified atom stereocenters. The lowest BCUT2D eigenvalue weighted by molar-refractivity contribution is -0.120. The molecule has 31 heavy (non-hydrogen) atoms. The van der Waals surface area contributed by atoms with Gasteiger partial charge in [-0.3, -0.25) is 4.79 Å². The monoisotopic (exact) mass is 409 g/mol. The molecule has 0 aliphatic rings. The fraction of sp³-hybridized carbons (Fsp3) is 0.185. The fourth-order valence-corrected chi connectivity index (χ4v) is 3.99. The molecule has 0 bridgehead atoms. The summed E-state index contributed by atoms with van der Waals surface area (Å²) in [6, 6.07) is 30.6. The molecule has 1 heterocycles. The van der Waals surface area contributed by atoms with Crippen LogP contribution in [-0.4, -0.2) is 22.2 Å². The van der Waals surface area contributed by atoms with E-state index in [0.29, 0.717) is 13.0 Å². The van der Waals surface area contributed by atoms with E-state index in [4.69, 9.17) is 0 Å². The molecule has 0 fully saturated rings. The second-order valence-corrected chi connectivity index (χ2v) is 7.75. The van der Waals surface area contributed by atoms with Crippen molar-refractivity contribution in [1.29, 1.82) is 0 Å². The maximum atomic E-state index is 12.9. The number of benzene rings is 3. The number of para-hydroxylation sites is 1. The van der Waals surface area contributed by atoms with Gasteiger partial charge in [0, 0.05) is 23.7 Å². The molecular formula is C27H27N3O. The van der Waals surface area contributed by atoms with Crippen LogP contribution in [0, 0.1) is 13.8 Å². The van der Waals surface area contributed by atoms with E-state index < -0.39 is 0 Å². The van der Waals surface area contributed by atoms with Crippen molar-refractivity contribution in [2.45, 2.75) is 26.2 Å². The lowest BCUT2D eigenvalue weighted by atomic mass is 9.91. The normalized spacial score (nSPS) is 10.9. The second-order valence-electron chi connectivity index (χ2n) is 7.75. The molecule has 0 saturated heterocycles. The summed E-state index contributed by atoms with van der Waals surface area (Å²) in [7, 11) is 0. The number of nitrogens with zero attached hydrogens (tertiary/aromatic N) is 2. The third-order valence-electron chi connectivity index (χ3n) is 5.69.